The van der Waals surface area contributed by atoms with Gasteiger partial charge in [-0.2, -0.15) is 0 Å². The van der Waals surface area contributed by atoms with Crippen molar-refractivity contribution in [3.8, 4) is 11.4 Å². The van der Waals surface area contributed by atoms with E-state index >= 15 is 0 Å². The fourth-order valence-electron chi connectivity index (χ4n) is 1.81. The zero-order valence-electron chi connectivity index (χ0n) is 12.0. The number of allylic oxidation sites excluding steroid dienone is 1. The smallest absolute Gasteiger partial charge is 0.318 e. The van der Waals surface area contributed by atoms with Crippen molar-refractivity contribution in [2.75, 3.05) is 5.75 Å². The highest BCUT2D eigenvalue weighted by atomic mass is 79.9. The number of nitrogens with one attached hydrogen (secondary N) is 1. The van der Waals surface area contributed by atoms with Crippen LogP contribution >= 0.6 is 27.7 Å². The van der Waals surface area contributed by atoms with Crippen LogP contribution in [0, 0.1) is 0 Å². The van der Waals surface area contributed by atoms with Gasteiger partial charge in [-0.15, -0.1) is 16.8 Å². The summed E-state index contributed by atoms with van der Waals surface area (Å²) >= 11 is 4.56. The maximum atomic E-state index is 11.5. The monoisotopic (exact) mass is 395 g/mol. The van der Waals surface area contributed by atoms with Gasteiger partial charge in [0.2, 0.25) is 5.91 Å². The number of aromatic nitrogens is 3. The Morgan fingerprint density at radius 3 is 2.65 bits per heavy atom. The second-order valence-electron chi connectivity index (χ2n) is 4.41. The van der Waals surface area contributed by atoms with Crippen LogP contribution in [0.1, 0.15) is 0 Å². The van der Waals surface area contributed by atoms with Crippen LogP contribution in [-0.2, 0) is 11.3 Å². The van der Waals surface area contributed by atoms with E-state index in [4.69, 9.17) is 5.73 Å². The Labute approximate surface area is 145 Å². The number of nitrogens with two attached hydrogens (primary N) is 1. The molecule has 1 aromatic carbocycles. The summed E-state index contributed by atoms with van der Waals surface area (Å²) in [4.78, 5) is 22.1. The number of hydrogen-bond donors (Lipinski definition) is 2. The van der Waals surface area contributed by atoms with Gasteiger partial charge in [0, 0.05) is 16.6 Å². The molecule has 3 N–H and O–H groups in total. The molecule has 0 spiro atoms. The van der Waals surface area contributed by atoms with Gasteiger partial charge < -0.3 is 5.73 Å². The van der Waals surface area contributed by atoms with Gasteiger partial charge in [-0.3, -0.25) is 14.7 Å². The number of carbonyl (C=O) groups is 2. The van der Waals surface area contributed by atoms with E-state index in [0.717, 1.165) is 10.0 Å². The molecule has 3 amide bonds. The summed E-state index contributed by atoms with van der Waals surface area (Å²) in [6.07, 6.45) is 1.72. The number of thioether (sulfide) groups is 1. The quantitative estimate of drug-likeness (QED) is 0.576. The first-order valence-electron chi connectivity index (χ1n) is 6.53. The third-order valence-corrected chi connectivity index (χ3v) is 4.22. The second kappa shape index (κ2) is 7.93. The Hall–Kier alpha value is -2.13. The molecule has 0 fully saturated rings. The molecule has 1 heterocycles. The van der Waals surface area contributed by atoms with Crippen molar-refractivity contribution in [2.24, 2.45) is 5.73 Å². The number of benzene rings is 1. The van der Waals surface area contributed by atoms with Crippen LogP contribution in [0.3, 0.4) is 0 Å². The van der Waals surface area contributed by atoms with Crippen LogP contribution < -0.4 is 11.1 Å². The van der Waals surface area contributed by atoms with Crippen LogP contribution in [0.25, 0.3) is 11.4 Å². The molecule has 0 saturated heterocycles. The fraction of sp³-hybridized carbons (Fsp3) is 0.143. The summed E-state index contributed by atoms with van der Waals surface area (Å²) in [5.41, 5.74) is 5.80. The van der Waals surface area contributed by atoms with Gasteiger partial charge in [0.05, 0.1) is 5.75 Å². The Morgan fingerprint density at radius 1 is 1.35 bits per heavy atom. The van der Waals surface area contributed by atoms with E-state index in [2.05, 4.69) is 32.7 Å². The molecule has 120 valence electrons. The molecule has 0 aliphatic carbocycles. The van der Waals surface area contributed by atoms with E-state index in [9.17, 15) is 9.59 Å². The summed E-state index contributed by atoms with van der Waals surface area (Å²) in [5, 5.41) is 10.8. The molecule has 0 aliphatic heterocycles. The van der Waals surface area contributed by atoms with E-state index in [0.29, 0.717) is 17.5 Å². The number of amides is 3. The molecular weight excluding hydrogens is 382 g/mol. The van der Waals surface area contributed by atoms with Crippen LogP contribution in [0.4, 0.5) is 4.79 Å². The number of rotatable bonds is 6. The van der Waals surface area contributed by atoms with Crippen LogP contribution in [0.5, 0.6) is 0 Å². The maximum Gasteiger partial charge on any atom is 0.318 e. The zero-order valence-corrected chi connectivity index (χ0v) is 14.4. The van der Waals surface area contributed by atoms with Crippen molar-refractivity contribution in [3.05, 3.63) is 41.4 Å². The topological polar surface area (TPSA) is 103 Å². The molecule has 23 heavy (non-hydrogen) atoms. The van der Waals surface area contributed by atoms with Gasteiger partial charge in [-0.05, 0) is 12.1 Å². The molecule has 2 rings (SSSR count). The normalized spacial score (nSPS) is 10.3. The minimum absolute atomic E-state index is 0.0125. The summed E-state index contributed by atoms with van der Waals surface area (Å²) in [6.45, 7) is 4.22. The number of primary amides is 1. The molecule has 7 nitrogen and oxygen atoms in total. The van der Waals surface area contributed by atoms with Gasteiger partial charge in [0.15, 0.2) is 11.0 Å². The van der Waals surface area contributed by atoms with Gasteiger partial charge in [0.25, 0.3) is 0 Å². The van der Waals surface area contributed by atoms with Crippen LogP contribution in [-0.4, -0.2) is 32.5 Å². The Bertz CT molecular complexity index is 729. The van der Waals surface area contributed by atoms with Gasteiger partial charge in [0.1, 0.15) is 0 Å². The second-order valence-corrected chi connectivity index (χ2v) is 6.27. The molecule has 1 aromatic heterocycles. The van der Waals surface area contributed by atoms with Crippen molar-refractivity contribution < 1.29 is 9.59 Å². The highest BCUT2D eigenvalue weighted by molar-refractivity contribution is 9.10. The minimum Gasteiger partial charge on any atom is -0.351 e. The standard InChI is InChI=1S/C14H14BrN5O2S/c1-2-7-20-12(9-3-5-10(15)6-4-9)18-19-14(20)23-8-11(21)17-13(16)22/h2-6H,1,7-8H2,(H3,16,17,21,22). The fourth-order valence-corrected chi connectivity index (χ4v) is 2.82. The first kappa shape index (κ1) is 17.2. The largest absolute Gasteiger partial charge is 0.351 e. The third kappa shape index (κ3) is 4.67. The van der Waals surface area contributed by atoms with Crippen molar-refractivity contribution in [1.29, 1.82) is 0 Å². The molecule has 0 aliphatic rings. The summed E-state index contributed by atoms with van der Waals surface area (Å²) < 4.78 is 2.81. The molecule has 9 heteroatoms. The molecule has 0 radical (unpaired) electrons. The lowest BCUT2D eigenvalue weighted by Crippen LogP contribution is -2.36. The highest BCUT2D eigenvalue weighted by Crippen LogP contribution is 2.25. The Kier molecular flexibility index (Phi) is 5.94. The van der Waals surface area contributed by atoms with Crippen molar-refractivity contribution in [2.45, 2.75) is 11.7 Å². The first-order chi connectivity index (χ1) is 11.0. The van der Waals surface area contributed by atoms with Gasteiger partial charge in [-0.25, -0.2) is 4.79 Å². The van der Waals surface area contributed by atoms with Gasteiger partial charge >= 0.3 is 6.03 Å². The number of carbonyl (C=O) groups excluding carboxylic acids is 2. The first-order valence-corrected chi connectivity index (χ1v) is 8.31. The van der Waals surface area contributed by atoms with E-state index < -0.39 is 11.9 Å². The molecular formula is C14H14BrN5O2S. The van der Waals surface area contributed by atoms with E-state index in [1.807, 2.05) is 34.1 Å². The Morgan fingerprint density at radius 2 is 2.04 bits per heavy atom. The lowest BCUT2D eigenvalue weighted by molar-refractivity contribution is -0.117. The average Bonchev–Trinajstić information content (AvgIpc) is 2.89. The number of nitrogens with zero attached hydrogens (tertiary/aromatic N) is 3. The molecule has 0 bridgehead atoms. The van der Waals surface area contributed by atoms with E-state index in [-0.39, 0.29) is 5.75 Å². The summed E-state index contributed by atoms with van der Waals surface area (Å²) in [6, 6.07) is 6.79. The van der Waals surface area contributed by atoms with E-state index in [1.54, 1.807) is 6.08 Å². The van der Waals surface area contributed by atoms with Crippen molar-refractivity contribution in [3.63, 3.8) is 0 Å². The number of imide groups is 1. The van der Waals surface area contributed by atoms with Gasteiger partial charge in [-0.1, -0.05) is 45.9 Å². The number of urea groups is 1. The van der Waals surface area contributed by atoms with Crippen LogP contribution in [0.15, 0.2) is 46.5 Å². The lowest BCUT2D eigenvalue weighted by atomic mass is 10.2. The highest BCUT2D eigenvalue weighted by Gasteiger charge is 2.15. The van der Waals surface area contributed by atoms with Crippen molar-refractivity contribution >= 4 is 39.6 Å². The SMILES string of the molecule is C=CCn1c(SCC(=O)NC(N)=O)nnc1-c1ccc(Br)cc1. The predicted octanol–water partition coefficient (Wildman–Crippen LogP) is 2.18. The lowest BCUT2D eigenvalue weighted by Gasteiger charge is -2.07. The summed E-state index contributed by atoms with van der Waals surface area (Å²) in [7, 11) is 0. The maximum absolute atomic E-state index is 11.5. The van der Waals surface area contributed by atoms with Crippen LogP contribution in [0.2, 0.25) is 0 Å². The Balaban J connectivity index is 2.20. The summed E-state index contributed by atoms with van der Waals surface area (Å²) in [5.74, 6) is 0.203. The van der Waals surface area contributed by atoms with Crippen molar-refractivity contribution in [1.82, 2.24) is 20.1 Å². The number of halogens is 1. The zero-order chi connectivity index (χ0) is 16.8. The molecule has 0 unspecified atom stereocenters. The predicted molar refractivity (Wildman–Crippen MR) is 91.8 cm³/mol. The average molecular weight is 396 g/mol. The molecule has 0 atom stereocenters. The molecule has 0 saturated carbocycles. The molecule has 2 aromatic rings. The number of hydrogen-bond acceptors (Lipinski definition) is 5. The minimum atomic E-state index is -0.876. The van der Waals surface area contributed by atoms with E-state index in [1.165, 1.54) is 11.8 Å². The third-order valence-electron chi connectivity index (χ3n) is 2.73.